The number of ether oxygens (including phenoxy) is 2. The SMILES string of the molecule is COc1ccc2c(c1)=C/C(=c1\cc(OCc3ccccc3)/c(=C\c3ccc(C)[nH]3)[nH]1)N=2. The van der Waals surface area contributed by atoms with Gasteiger partial charge in [-0.1, -0.05) is 30.3 Å². The quantitative estimate of drug-likeness (QED) is 0.531. The van der Waals surface area contributed by atoms with E-state index in [0.717, 1.165) is 55.4 Å². The number of H-pyrrole nitrogens is 2. The van der Waals surface area contributed by atoms with E-state index in [2.05, 4.69) is 46.4 Å². The molecular weight excluding hydrogens is 386 g/mol. The van der Waals surface area contributed by atoms with Gasteiger partial charge in [-0.15, -0.1) is 0 Å². The van der Waals surface area contributed by atoms with E-state index >= 15 is 0 Å². The largest absolute Gasteiger partial charge is 0.497 e. The van der Waals surface area contributed by atoms with Gasteiger partial charge in [0.05, 0.1) is 28.9 Å². The lowest BCUT2D eigenvalue weighted by molar-refractivity contribution is 0.304. The maximum atomic E-state index is 6.19. The molecule has 31 heavy (non-hydrogen) atoms. The van der Waals surface area contributed by atoms with E-state index in [0.29, 0.717) is 6.61 Å². The molecule has 0 atom stereocenters. The summed E-state index contributed by atoms with van der Waals surface area (Å²) < 4.78 is 11.5. The molecule has 0 amide bonds. The second-order valence-electron chi connectivity index (χ2n) is 7.54. The molecule has 2 aromatic heterocycles. The highest BCUT2D eigenvalue weighted by Gasteiger charge is 2.08. The summed E-state index contributed by atoms with van der Waals surface area (Å²) in [7, 11) is 1.67. The Hall–Kier alpha value is -3.99. The fraction of sp³-hybridized carbons (Fsp3) is 0.115. The first-order valence-electron chi connectivity index (χ1n) is 10.2. The van der Waals surface area contributed by atoms with Gasteiger partial charge in [-0.3, -0.25) is 0 Å². The van der Waals surface area contributed by atoms with Crippen LogP contribution < -0.4 is 30.7 Å². The van der Waals surface area contributed by atoms with E-state index in [1.165, 1.54) is 0 Å². The first kappa shape index (κ1) is 19.0. The van der Waals surface area contributed by atoms with Crippen LogP contribution in [0.1, 0.15) is 17.0 Å². The summed E-state index contributed by atoms with van der Waals surface area (Å²) in [5.74, 6) is 1.61. The van der Waals surface area contributed by atoms with E-state index in [1.54, 1.807) is 7.11 Å². The Morgan fingerprint density at radius 3 is 2.61 bits per heavy atom. The van der Waals surface area contributed by atoms with Crippen LogP contribution in [0.3, 0.4) is 0 Å². The number of nitrogens with zero attached hydrogens (tertiary/aromatic N) is 1. The Bertz CT molecular complexity index is 1480. The maximum Gasteiger partial charge on any atom is 0.145 e. The van der Waals surface area contributed by atoms with Crippen molar-refractivity contribution in [1.82, 2.24) is 9.97 Å². The van der Waals surface area contributed by atoms with Crippen molar-refractivity contribution < 1.29 is 9.47 Å². The van der Waals surface area contributed by atoms with Crippen LogP contribution in [0.2, 0.25) is 0 Å². The normalized spacial score (nSPS) is 14.7. The summed E-state index contributed by atoms with van der Waals surface area (Å²) in [6.07, 6.45) is 4.12. The minimum atomic E-state index is 0.496. The van der Waals surface area contributed by atoms with Gasteiger partial charge < -0.3 is 19.4 Å². The topological polar surface area (TPSA) is 62.4 Å². The van der Waals surface area contributed by atoms with Crippen LogP contribution >= 0.6 is 0 Å². The molecule has 0 spiro atoms. The summed E-state index contributed by atoms with van der Waals surface area (Å²) in [5.41, 5.74) is 4.12. The van der Waals surface area contributed by atoms with Crippen LogP contribution in [0.25, 0.3) is 17.8 Å². The van der Waals surface area contributed by atoms with Gasteiger partial charge in [0.1, 0.15) is 18.1 Å². The average Bonchev–Trinajstić information content (AvgIpc) is 3.51. The third-order valence-electron chi connectivity index (χ3n) is 5.25. The molecule has 154 valence electrons. The predicted octanol–water partition coefficient (Wildman–Crippen LogP) is 2.29. The molecule has 0 aliphatic carbocycles. The zero-order valence-corrected chi connectivity index (χ0v) is 17.5. The zero-order chi connectivity index (χ0) is 21.2. The number of hydrogen-bond donors (Lipinski definition) is 2. The molecule has 2 aromatic carbocycles. The highest BCUT2D eigenvalue weighted by Crippen LogP contribution is 2.10. The predicted molar refractivity (Wildman–Crippen MR) is 122 cm³/mol. The maximum absolute atomic E-state index is 6.19. The Kier molecular flexibility index (Phi) is 4.92. The van der Waals surface area contributed by atoms with Gasteiger partial charge in [0, 0.05) is 22.7 Å². The fourth-order valence-electron chi connectivity index (χ4n) is 3.64. The molecule has 2 N–H and O–H groups in total. The Morgan fingerprint density at radius 1 is 0.968 bits per heavy atom. The monoisotopic (exact) mass is 409 g/mol. The van der Waals surface area contributed by atoms with E-state index < -0.39 is 0 Å². The van der Waals surface area contributed by atoms with E-state index in [4.69, 9.17) is 14.5 Å². The van der Waals surface area contributed by atoms with Crippen LogP contribution in [0.4, 0.5) is 0 Å². The summed E-state index contributed by atoms with van der Waals surface area (Å²) in [5, 5.41) is 3.79. The van der Waals surface area contributed by atoms with Gasteiger partial charge in [-0.2, -0.15) is 0 Å². The van der Waals surface area contributed by atoms with Crippen LogP contribution in [0.5, 0.6) is 11.5 Å². The lowest BCUT2D eigenvalue weighted by atomic mass is 10.2. The molecule has 5 heteroatoms. The van der Waals surface area contributed by atoms with Gasteiger partial charge in [0.2, 0.25) is 0 Å². The van der Waals surface area contributed by atoms with Gasteiger partial charge >= 0.3 is 0 Å². The molecule has 0 bridgehead atoms. The number of nitrogens with one attached hydrogen (secondary N) is 2. The number of aromatic amines is 2. The van der Waals surface area contributed by atoms with Crippen LogP contribution in [-0.4, -0.2) is 17.1 Å². The first-order chi connectivity index (χ1) is 15.2. The van der Waals surface area contributed by atoms with Crippen molar-refractivity contribution in [3.8, 4) is 11.5 Å². The molecule has 5 rings (SSSR count). The third-order valence-corrected chi connectivity index (χ3v) is 5.25. The van der Waals surface area contributed by atoms with E-state index in [-0.39, 0.29) is 0 Å². The van der Waals surface area contributed by atoms with Crippen LogP contribution in [0, 0.1) is 6.92 Å². The molecule has 3 heterocycles. The zero-order valence-electron chi connectivity index (χ0n) is 17.5. The van der Waals surface area contributed by atoms with Crippen LogP contribution in [-0.2, 0) is 6.61 Å². The second kappa shape index (κ2) is 8.03. The summed E-state index contributed by atoms with van der Waals surface area (Å²) in [6.45, 7) is 2.54. The van der Waals surface area contributed by atoms with Crippen LogP contribution in [0.15, 0.2) is 71.7 Å². The van der Waals surface area contributed by atoms with Gasteiger partial charge in [-0.05, 0) is 55.0 Å². The summed E-state index contributed by atoms with van der Waals surface area (Å²) in [6, 6.07) is 22.2. The molecular formula is C26H23N3O2. The number of aromatic nitrogens is 2. The molecule has 1 aliphatic rings. The Balaban J connectivity index is 1.60. The highest BCUT2D eigenvalue weighted by molar-refractivity contribution is 5.77. The van der Waals surface area contributed by atoms with Gasteiger partial charge in [0.15, 0.2) is 0 Å². The Morgan fingerprint density at radius 2 is 1.84 bits per heavy atom. The van der Waals surface area contributed by atoms with Crippen molar-refractivity contribution in [2.45, 2.75) is 13.5 Å². The van der Waals surface area contributed by atoms with Crippen molar-refractivity contribution in [3.05, 3.63) is 105 Å². The molecule has 1 aliphatic heterocycles. The molecule has 0 fully saturated rings. The number of methoxy groups -OCH3 is 1. The second-order valence-corrected chi connectivity index (χ2v) is 7.54. The molecule has 0 saturated carbocycles. The lowest BCUT2D eigenvalue weighted by Crippen LogP contribution is -2.20. The fourth-order valence-corrected chi connectivity index (χ4v) is 3.64. The van der Waals surface area contributed by atoms with Crippen molar-refractivity contribution in [3.63, 3.8) is 0 Å². The third kappa shape index (κ3) is 4.03. The minimum absolute atomic E-state index is 0.496. The molecule has 0 radical (unpaired) electrons. The van der Waals surface area contributed by atoms with Crippen molar-refractivity contribution >= 4 is 17.8 Å². The molecule has 0 unspecified atom stereocenters. The smallest absolute Gasteiger partial charge is 0.145 e. The van der Waals surface area contributed by atoms with E-state index in [9.17, 15) is 0 Å². The lowest BCUT2D eigenvalue weighted by Gasteiger charge is -2.03. The van der Waals surface area contributed by atoms with Crippen molar-refractivity contribution in [2.24, 2.45) is 4.99 Å². The standard InChI is InChI=1S/C26H23N3O2/c1-17-8-9-20(27-17)14-25-26(31-16-18-6-4-3-5-7-18)15-24(29-25)23-13-19-12-21(30-2)10-11-22(19)28-23/h3-15,27,29H,16H2,1-2H3/b24-23-,25-14+. The van der Waals surface area contributed by atoms with Crippen molar-refractivity contribution in [1.29, 1.82) is 0 Å². The summed E-state index contributed by atoms with van der Waals surface area (Å²) >= 11 is 0. The highest BCUT2D eigenvalue weighted by atomic mass is 16.5. The number of aryl methyl sites for hydroxylation is 1. The van der Waals surface area contributed by atoms with Gasteiger partial charge in [0.25, 0.3) is 0 Å². The van der Waals surface area contributed by atoms with Crippen molar-refractivity contribution in [2.75, 3.05) is 7.11 Å². The molecule has 0 saturated heterocycles. The number of rotatable bonds is 5. The average molecular weight is 409 g/mol. The molecule has 4 aromatic rings. The van der Waals surface area contributed by atoms with Gasteiger partial charge in [-0.25, -0.2) is 4.99 Å². The first-order valence-corrected chi connectivity index (χ1v) is 10.2. The number of hydrogen-bond acceptors (Lipinski definition) is 3. The number of fused-ring (bicyclic) bond motifs is 1. The summed E-state index contributed by atoms with van der Waals surface area (Å²) in [4.78, 5) is 11.6. The minimum Gasteiger partial charge on any atom is -0.497 e. The van der Waals surface area contributed by atoms with E-state index in [1.807, 2.05) is 49.4 Å². The molecule has 5 nitrogen and oxygen atoms in total. The Labute approximate surface area is 179 Å². The number of benzene rings is 2.